The van der Waals surface area contributed by atoms with E-state index in [1.165, 1.54) is 0 Å². The lowest BCUT2D eigenvalue weighted by atomic mass is 10.2. The summed E-state index contributed by atoms with van der Waals surface area (Å²) in [4.78, 5) is 11.4. The van der Waals surface area contributed by atoms with E-state index in [1.54, 1.807) is 11.8 Å². The Balaban J connectivity index is 3.69. The second kappa shape index (κ2) is 10.9. The van der Waals surface area contributed by atoms with Crippen molar-refractivity contribution in [2.45, 2.75) is 45.7 Å². The van der Waals surface area contributed by atoms with E-state index in [4.69, 9.17) is 5.11 Å². The van der Waals surface area contributed by atoms with Crippen LogP contribution in [-0.2, 0) is 4.79 Å². The molecule has 0 saturated carbocycles. The molecule has 102 valence electrons. The molecule has 0 saturated heterocycles. The minimum atomic E-state index is 0.0863. The standard InChI is InChI=1S/C12H26N2O2S/c1-4-6-13-11(5-7-15)8-17-9-12(16)14-10(2)3/h10-11,13,15H,4-9H2,1-3H3,(H,14,16). The number of rotatable bonds is 10. The van der Waals surface area contributed by atoms with Crippen molar-refractivity contribution in [1.82, 2.24) is 10.6 Å². The zero-order chi connectivity index (χ0) is 13.1. The Kier molecular flexibility index (Phi) is 10.7. The molecule has 0 aliphatic heterocycles. The highest BCUT2D eigenvalue weighted by Gasteiger charge is 2.09. The third kappa shape index (κ3) is 10.6. The van der Waals surface area contributed by atoms with Crippen LogP contribution in [0.25, 0.3) is 0 Å². The molecule has 0 aliphatic carbocycles. The molecule has 4 nitrogen and oxygen atoms in total. The van der Waals surface area contributed by atoms with Crippen molar-refractivity contribution in [3.8, 4) is 0 Å². The molecule has 5 heteroatoms. The van der Waals surface area contributed by atoms with Gasteiger partial charge in [-0.1, -0.05) is 6.92 Å². The van der Waals surface area contributed by atoms with Crippen molar-refractivity contribution >= 4 is 17.7 Å². The molecule has 0 spiro atoms. The molecule has 1 unspecified atom stereocenters. The van der Waals surface area contributed by atoms with E-state index in [-0.39, 0.29) is 18.6 Å². The van der Waals surface area contributed by atoms with Gasteiger partial charge in [-0.15, -0.1) is 0 Å². The molecule has 0 rings (SSSR count). The van der Waals surface area contributed by atoms with Gasteiger partial charge in [0.25, 0.3) is 0 Å². The summed E-state index contributed by atoms with van der Waals surface area (Å²) in [5, 5.41) is 15.2. The van der Waals surface area contributed by atoms with Crippen LogP contribution in [0.4, 0.5) is 0 Å². The average molecular weight is 262 g/mol. The van der Waals surface area contributed by atoms with Gasteiger partial charge in [0.05, 0.1) is 5.75 Å². The third-order valence-corrected chi connectivity index (χ3v) is 3.27. The van der Waals surface area contributed by atoms with Crippen LogP contribution < -0.4 is 10.6 Å². The lowest BCUT2D eigenvalue weighted by Gasteiger charge is -2.17. The van der Waals surface area contributed by atoms with Crippen molar-refractivity contribution < 1.29 is 9.90 Å². The summed E-state index contributed by atoms with van der Waals surface area (Å²) in [6, 6.07) is 0.506. The van der Waals surface area contributed by atoms with Gasteiger partial charge in [0, 0.05) is 24.4 Å². The highest BCUT2D eigenvalue weighted by Crippen LogP contribution is 2.05. The van der Waals surface area contributed by atoms with Crippen LogP contribution in [0.5, 0.6) is 0 Å². The van der Waals surface area contributed by atoms with Crippen LogP contribution in [0.2, 0.25) is 0 Å². The van der Waals surface area contributed by atoms with Gasteiger partial charge in [0.1, 0.15) is 0 Å². The quantitative estimate of drug-likeness (QED) is 0.549. The average Bonchev–Trinajstić information content (AvgIpc) is 2.24. The summed E-state index contributed by atoms with van der Waals surface area (Å²) in [5.41, 5.74) is 0. The predicted molar refractivity (Wildman–Crippen MR) is 74.4 cm³/mol. The summed E-state index contributed by atoms with van der Waals surface area (Å²) in [7, 11) is 0. The van der Waals surface area contributed by atoms with Gasteiger partial charge in [-0.3, -0.25) is 4.79 Å². The van der Waals surface area contributed by atoms with Crippen LogP contribution in [-0.4, -0.2) is 47.8 Å². The maximum absolute atomic E-state index is 11.4. The molecule has 3 N–H and O–H groups in total. The van der Waals surface area contributed by atoms with Gasteiger partial charge < -0.3 is 15.7 Å². The molecule has 0 aliphatic rings. The van der Waals surface area contributed by atoms with Gasteiger partial charge in [0.2, 0.25) is 5.91 Å². The monoisotopic (exact) mass is 262 g/mol. The van der Waals surface area contributed by atoms with E-state index in [0.717, 1.165) is 25.1 Å². The number of hydrogen-bond donors (Lipinski definition) is 3. The maximum Gasteiger partial charge on any atom is 0.230 e. The zero-order valence-electron chi connectivity index (χ0n) is 11.2. The Morgan fingerprint density at radius 2 is 2.12 bits per heavy atom. The first-order valence-corrected chi connectivity index (χ1v) is 7.47. The Hall–Kier alpha value is -0.260. The second-order valence-electron chi connectivity index (χ2n) is 4.40. The van der Waals surface area contributed by atoms with E-state index >= 15 is 0 Å². The molecule has 0 bridgehead atoms. The highest BCUT2D eigenvalue weighted by molar-refractivity contribution is 7.99. The van der Waals surface area contributed by atoms with E-state index < -0.39 is 0 Å². The predicted octanol–water partition coefficient (Wildman–Crippen LogP) is 0.995. The molecular weight excluding hydrogens is 236 g/mol. The van der Waals surface area contributed by atoms with E-state index in [0.29, 0.717) is 11.8 Å². The van der Waals surface area contributed by atoms with E-state index in [1.807, 2.05) is 13.8 Å². The number of carbonyl (C=O) groups excluding carboxylic acids is 1. The summed E-state index contributed by atoms with van der Waals surface area (Å²) < 4.78 is 0. The van der Waals surface area contributed by atoms with Crippen molar-refractivity contribution in [3.05, 3.63) is 0 Å². The number of thioether (sulfide) groups is 1. The third-order valence-electron chi connectivity index (χ3n) is 2.16. The van der Waals surface area contributed by atoms with Crippen molar-refractivity contribution in [2.24, 2.45) is 0 Å². The van der Waals surface area contributed by atoms with E-state index in [2.05, 4.69) is 17.6 Å². The molecule has 1 atom stereocenters. The second-order valence-corrected chi connectivity index (χ2v) is 5.43. The first-order chi connectivity index (χ1) is 8.10. The number of aliphatic hydroxyl groups is 1. The molecule has 0 heterocycles. The van der Waals surface area contributed by atoms with Crippen LogP contribution in [0.3, 0.4) is 0 Å². The van der Waals surface area contributed by atoms with Crippen molar-refractivity contribution in [1.29, 1.82) is 0 Å². The summed E-state index contributed by atoms with van der Waals surface area (Å²) in [6.07, 6.45) is 1.83. The number of carbonyl (C=O) groups is 1. The molecule has 0 aromatic rings. The molecule has 1 amide bonds. The van der Waals surface area contributed by atoms with Crippen LogP contribution >= 0.6 is 11.8 Å². The topological polar surface area (TPSA) is 61.4 Å². The van der Waals surface area contributed by atoms with Crippen molar-refractivity contribution in [2.75, 3.05) is 24.7 Å². The molecule has 17 heavy (non-hydrogen) atoms. The smallest absolute Gasteiger partial charge is 0.230 e. The number of aliphatic hydroxyl groups excluding tert-OH is 1. The SMILES string of the molecule is CCCNC(CCO)CSCC(=O)NC(C)C. The zero-order valence-corrected chi connectivity index (χ0v) is 12.0. The van der Waals surface area contributed by atoms with Gasteiger partial charge in [0.15, 0.2) is 0 Å². The Morgan fingerprint density at radius 3 is 2.65 bits per heavy atom. The summed E-state index contributed by atoms with van der Waals surface area (Å²) in [5.74, 6) is 1.45. The minimum Gasteiger partial charge on any atom is -0.396 e. The Morgan fingerprint density at radius 1 is 1.41 bits per heavy atom. The van der Waals surface area contributed by atoms with Gasteiger partial charge in [-0.05, 0) is 33.2 Å². The first-order valence-electron chi connectivity index (χ1n) is 6.31. The molecular formula is C12H26N2O2S. The molecule has 0 aromatic heterocycles. The molecule has 0 aromatic carbocycles. The fourth-order valence-electron chi connectivity index (χ4n) is 1.41. The Bertz CT molecular complexity index is 201. The number of amides is 1. The molecule has 0 radical (unpaired) electrons. The summed E-state index contributed by atoms with van der Waals surface area (Å²) in [6.45, 7) is 7.19. The number of nitrogens with one attached hydrogen (secondary N) is 2. The van der Waals surface area contributed by atoms with Crippen LogP contribution in [0.1, 0.15) is 33.6 Å². The summed E-state index contributed by atoms with van der Waals surface area (Å²) >= 11 is 1.62. The highest BCUT2D eigenvalue weighted by atomic mass is 32.2. The lowest BCUT2D eigenvalue weighted by molar-refractivity contribution is -0.119. The minimum absolute atomic E-state index is 0.0863. The fourth-order valence-corrected chi connectivity index (χ4v) is 2.36. The van der Waals surface area contributed by atoms with Gasteiger partial charge in [-0.25, -0.2) is 0 Å². The lowest BCUT2D eigenvalue weighted by Crippen LogP contribution is -2.35. The van der Waals surface area contributed by atoms with Crippen LogP contribution in [0.15, 0.2) is 0 Å². The van der Waals surface area contributed by atoms with Gasteiger partial charge >= 0.3 is 0 Å². The normalized spacial score (nSPS) is 12.8. The largest absolute Gasteiger partial charge is 0.396 e. The van der Waals surface area contributed by atoms with Gasteiger partial charge in [-0.2, -0.15) is 11.8 Å². The fraction of sp³-hybridized carbons (Fsp3) is 0.917. The van der Waals surface area contributed by atoms with Crippen LogP contribution in [0, 0.1) is 0 Å². The maximum atomic E-state index is 11.4. The van der Waals surface area contributed by atoms with Crippen molar-refractivity contribution in [3.63, 3.8) is 0 Å². The Labute approximate surface area is 109 Å². The molecule has 0 fully saturated rings. The van der Waals surface area contributed by atoms with E-state index in [9.17, 15) is 4.79 Å². The number of hydrogen-bond acceptors (Lipinski definition) is 4. The first kappa shape index (κ1) is 16.7.